The van der Waals surface area contributed by atoms with Crippen LogP contribution in [0.15, 0.2) is 53.2 Å². The Kier molecular flexibility index (Phi) is 5.60. The summed E-state index contributed by atoms with van der Waals surface area (Å²) < 4.78 is 15.9. The maximum Gasteiger partial charge on any atom is 0.363 e. The van der Waals surface area contributed by atoms with E-state index >= 15 is 0 Å². The van der Waals surface area contributed by atoms with Crippen LogP contribution in [0.2, 0.25) is 0 Å². The molecule has 0 atom stereocenters. The second-order valence-corrected chi connectivity index (χ2v) is 6.61. The van der Waals surface area contributed by atoms with E-state index in [-0.39, 0.29) is 0 Å². The van der Waals surface area contributed by atoms with Gasteiger partial charge in [0.05, 0.1) is 14.2 Å². The third-order valence-electron chi connectivity index (χ3n) is 4.37. The molecular weight excluding hydrogens is 342 g/mol. The standard InChI is InChI=1S/C22H23NO4/c1-14(2)17-8-5-15(6-9-17)11-18-22(24)27-21(23-18)13-16-7-10-19(25-3)20(12-16)26-4/h5-12,14H,13H2,1-4H3/b18-11+. The van der Waals surface area contributed by atoms with Crippen LogP contribution in [0.3, 0.4) is 0 Å². The Labute approximate surface area is 159 Å². The third-order valence-corrected chi connectivity index (χ3v) is 4.37. The van der Waals surface area contributed by atoms with Crippen LogP contribution in [0.25, 0.3) is 6.08 Å². The SMILES string of the molecule is COc1ccc(CC2=N/C(=C/c3ccc(C(C)C)cc3)C(=O)O2)cc1OC. The lowest BCUT2D eigenvalue weighted by molar-refractivity contribution is -0.130. The van der Waals surface area contributed by atoms with Gasteiger partial charge in [-0.15, -0.1) is 0 Å². The number of methoxy groups -OCH3 is 2. The Balaban J connectivity index is 1.78. The van der Waals surface area contributed by atoms with E-state index in [9.17, 15) is 4.79 Å². The third kappa shape index (κ3) is 4.37. The number of ether oxygens (including phenoxy) is 3. The highest BCUT2D eigenvalue weighted by Gasteiger charge is 2.23. The average molecular weight is 365 g/mol. The molecule has 0 aliphatic carbocycles. The lowest BCUT2D eigenvalue weighted by Gasteiger charge is -2.09. The first-order chi connectivity index (χ1) is 13.0. The van der Waals surface area contributed by atoms with Gasteiger partial charge >= 0.3 is 5.97 Å². The number of aliphatic imine (C=N–C) groups is 1. The van der Waals surface area contributed by atoms with Crippen LogP contribution >= 0.6 is 0 Å². The van der Waals surface area contributed by atoms with E-state index in [0.717, 1.165) is 11.1 Å². The Morgan fingerprint density at radius 2 is 1.74 bits per heavy atom. The van der Waals surface area contributed by atoms with Gasteiger partial charge in [0.2, 0.25) is 5.90 Å². The lowest BCUT2D eigenvalue weighted by Crippen LogP contribution is -2.07. The van der Waals surface area contributed by atoms with Gasteiger partial charge < -0.3 is 14.2 Å². The second-order valence-electron chi connectivity index (χ2n) is 6.61. The van der Waals surface area contributed by atoms with Gasteiger partial charge in [0.25, 0.3) is 0 Å². The second kappa shape index (κ2) is 8.08. The topological polar surface area (TPSA) is 57.1 Å². The quantitative estimate of drug-likeness (QED) is 0.563. The Morgan fingerprint density at radius 3 is 2.37 bits per heavy atom. The molecule has 0 radical (unpaired) electrons. The highest BCUT2D eigenvalue weighted by molar-refractivity contribution is 6.07. The number of carbonyl (C=O) groups is 1. The molecule has 0 fully saturated rings. The number of nitrogens with zero attached hydrogens (tertiary/aromatic N) is 1. The first-order valence-corrected chi connectivity index (χ1v) is 8.82. The van der Waals surface area contributed by atoms with Gasteiger partial charge in [-0.05, 0) is 40.8 Å². The van der Waals surface area contributed by atoms with Crippen molar-refractivity contribution in [2.75, 3.05) is 14.2 Å². The summed E-state index contributed by atoms with van der Waals surface area (Å²) in [5, 5.41) is 0. The van der Waals surface area contributed by atoms with Crippen molar-refractivity contribution in [1.29, 1.82) is 0 Å². The number of rotatable bonds is 6. The molecule has 5 heteroatoms. The van der Waals surface area contributed by atoms with E-state index in [1.807, 2.05) is 30.3 Å². The highest BCUT2D eigenvalue weighted by atomic mass is 16.6. The first kappa shape index (κ1) is 18.7. The molecular formula is C22H23NO4. The summed E-state index contributed by atoms with van der Waals surface area (Å²) in [4.78, 5) is 16.5. The smallest absolute Gasteiger partial charge is 0.363 e. The number of esters is 1. The van der Waals surface area contributed by atoms with Gasteiger partial charge in [0.15, 0.2) is 17.2 Å². The van der Waals surface area contributed by atoms with Gasteiger partial charge in [-0.2, -0.15) is 0 Å². The van der Waals surface area contributed by atoms with Crippen molar-refractivity contribution in [3.8, 4) is 11.5 Å². The molecule has 1 heterocycles. The van der Waals surface area contributed by atoms with E-state index in [4.69, 9.17) is 14.2 Å². The number of hydrogen-bond acceptors (Lipinski definition) is 5. The molecule has 1 aliphatic heterocycles. The van der Waals surface area contributed by atoms with Crippen molar-refractivity contribution in [3.63, 3.8) is 0 Å². The molecule has 0 amide bonds. The number of benzene rings is 2. The molecule has 1 aliphatic rings. The molecule has 5 nitrogen and oxygen atoms in total. The zero-order valence-electron chi connectivity index (χ0n) is 16.0. The van der Waals surface area contributed by atoms with Crippen molar-refractivity contribution in [1.82, 2.24) is 0 Å². The predicted octanol–water partition coefficient (Wildman–Crippen LogP) is 4.37. The average Bonchev–Trinajstić information content (AvgIpc) is 3.00. The molecule has 2 aromatic rings. The highest BCUT2D eigenvalue weighted by Crippen LogP contribution is 2.28. The lowest BCUT2D eigenvalue weighted by atomic mass is 10.0. The molecule has 27 heavy (non-hydrogen) atoms. The van der Waals surface area contributed by atoms with Gasteiger partial charge in [0.1, 0.15) is 0 Å². The van der Waals surface area contributed by atoms with E-state index in [2.05, 4.69) is 31.0 Å². The summed E-state index contributed by atoms with van der Waals surface area (Å²) in [6.07, 6.45) is 2.14. The van der Waals surface area contributed by atoms with Gasteiger partial charge in [-0.3, -0.25) is 0 Å². The minimum absolute atomic E-state index is 0.308. The summed E-state index contributed by atoms with van der Waals surface area (Å²) in [5.74, 6) is 1.68. The molecule has 140 valence electrons. The molecule has 3 rings (SSSR count). The van der Waals surface area contributed by atoms with Crippen LogP contribution in [-0.2, 0) is 16.0 Å². The van der Waals surface area contributed by atoms with Crippen molar-refractivity contribution in [2.45, 2.75) is 26.2 Å². The molecule has 0 aromatic heterocycles. The molecule has 0 spiro atoms. The fraction of sp³-hybridized carbons (Fsp3) is 0.273. The van der Waals surface area contributed by atoms with Crippen molar-refractivity contribution >= 4 is 17.9 Å². The fourth-order valence-corrected chi connectivity index (χ4v) is 2.83. The Hall–Kier alpha value is -3.08. The number of hydrogen-bond donors (Lipinski definition) is 0. The molecule has 0 N–H and O–H groups in total. The Morgan fingerprint density at radius 1 is 1.04 bits per heavy atom. The molecule has 0 bridgehead atoms. The molecule has 0 saturated carbocycles. The predicted molar refractivity (Wildman–Crippen MR) is 105 cm³/mol. The van der Waals surface area contributed by atoms with Crippen molar-refractivity contribution in [3.05, 3.63) is 64.9 Å². The molecule has 2 aromatic carbocycles. The summed E-state index contributed by atoms with van der Waals surface area (Å²) in [6.45, 7) is 4.29. The van der Waals surface area contributed by atoms with Crippen molar-refractivity contribution < 1.29 is 19.0 Å². The van der Waals surface area contributed by atoms with E-state index in [0.29, 0.717) is 35.4 Å². The monoisotopic (exact) mass is 365 g/mol. The van der Waals surface area contributed by atoms with Crippen LogP contribution in [0.4, 0.5) is 0 Å². The zero-order chi connectivity index (χ0) is 19.4. The zero-order valence-corrected chi connectivity index (χ0v) is 16.0. The van der Waals surface area contributed by atoms with Crippen molar-refractivity contribution in [2.24, 2.45) is 4.99 Å². The normalized spacial score (nSPS) is 15.1. The molecule has 0 saturated heterocycles. The maximum absolute atomic E-state index is 12.1. The number of cyclic esters (lactones) is 1. The van der Waals surface area contributed by atoms with Crippen LogP contribution in [-0.4, -0.2) is 26.1 Å². The van der Waals surface area contributed by atoms with E-state index in [1.54, 1.807) is 20.3 Å². The maximum atomic E-state index is 12.1. The van der Waals surface area contributed by atoms with Crippen LogP contribution in [0, 0.1) is 0 Å². The summed E-state index contributed by atoms with van der Waals surface area (Å²) in [5.41, 5.74) is 3.40. The summed E-state index contributed by atoms with van der Waals surface area (Å²) >= 11 is 0. The minimum atomic E-state index is -0.432. The van der Waals surface area contributed by atoms with Crippen LogP contribution in [0.1, 0.15) is 36.5 Å². The van der Waals surface area contributed by atoms with E-state index in [1.165, 1.54) is 5.56 Å². The fourth-order valence-electron chi connectivity index (χ4n) is 2.83. The molecule has 0 unspecified atom stereocenters. The largest absolute Gasteiger partial charge is 0.493 e. The van der Waals surface area contributed by atoms with Gasteiger partial charge in [0, 0.05) is 6.42 Å². The summed E-state index contributed by atoms with van der Waals surface area (Å²) in [7, 11) is 3.17. The number of carbonyl (C=O) groups excluding carboxylic acids is 1. The van der Waals surface area contributed by atoms with Crippen LogP contribution < -0.4 is 9.47 Å². The van der Waals surface area contributed by atoms with Gasteiger partial charge in [-0.1, -0.05) is 44.2 Å². The first-order valence-electron chi connectivity index (χ1n) is 8.82. The minimum Gasteiger partial charge on any atom is -0.493 e. The van der Waals surface area contributed by atoms with Crippen LogP contribution in [0.5, 0.6) is 11.5 Å². The van der Waals surface area contributed by atoms with E-state index < -0.39 is 5.97 Å². The summed E-state index contributed by atoms with van der Waals surface area (Å²) in [6, 6.07) is 13.6. The Bertz CT molecular complexity index is 895. The van der Waals surface area contributed by atoms with Gasteiger partial charge in [-0.25, -0.2) is 9.79 Å².